The van der Waals surface area contributed by atoms with Gasteiger partial charge >= 0.3 is 5.97 Å². The minimum Gasteiger partial charge on any atom is -0.494 e. The molecule has 0 saturated heterocycles. The second-order valence-corrected chi connectivity index (χ2v) is 4.34. The number of benzene rings is 1. The summed E-state index contributed by atoms with van der Waals surface area (Å²) < 4.78 is 5.50. The molecule has 0 amide bonds. The smallest absolute Gasteiger partial charge is 0.317 e. The number of carboxylic acids is 1. The maximum absolute atomic E-state index is 10.8. The normalized spacial score (nSPS) is 10.4. The molecule has 1 aromatic rings. The van der Waals surface area contributed by atoms with E-state index < -0.39 is 5.97 Å². The number of ether oxygens (including phenoxy) is 1. The van der Waals surface area contributed by atoms with E-state index in [-0.39, 0.29) is 6.54 Å². The predicted molar refractivity (Wildman–Crippen MR) is 75.3 cm³/mol. The third-order valence-electron chi connectivity index (χ3n) is 2.55. The molecular formula is C15H21NO3. The van der Waals surface area contributed by atoms with E-state index in [0.717, 1.165) is 17.7 Å². The first kappa shape index (κ1) is 15.2. The first-order chi connectivity index (χ1) is 9.15. The minimum absolute atomic E-state index is 0.0140. The first-order valence-electron chi connectivity index (χ1n) is 6.42. The van der Waals surface area contributed by atoms with Gasteiger partial charge in [0.05, 0.1) is 13.2 Å². The van der Waals surface area contributed by atoms with Crippen molar-refractivity contribution in [1.29, 1.82) is 0 Å². The summed E-state index contributed by atoms with van der Waals surface area (Å²) >= 11 is 0. The zero-order valence-electron chi connectivity index (χ0n) is 11.3. The van der Waals surface area contributed by atoms with E-state index in [4.69, 9.17) is 9.84 Å². The summed E-state index contributed by atoms with van der Waals surface area (Å²) in [5.74, 6) is 0.0175. The molecule has 0 radical (unpaired) electrons. The molecule has 0 atom stereocenters. The molecule has 0 bridgehead atoms. The summed E-state index contributed by atoms with van der Waals surface area (Å²) in [6.07, 6.45) is 2.69. The van der Waals surface area contributed by atoms with Crippen molar-refractivity contribution in [3.63, 3.8) is 0 Å². The molecule has 0 aliphatic rings. The topological polar surface area (TPSA) is 49.8 Å². The van der Waals surface area contributed by atoms with Gasteiger partial charge in [0.25, 0.3) is 0 Å². The number of carboxylic acid groups (broad SMARTS) is 1. The lowest BCUT2D eigenvalue weighted by molar-refractivity contribution is -0.138. The van der Waals surface area contributed by atoms with Crippen molar-refractivity contribution in [1.82, 2.24) is 4.90 Å². The van der Waals surface area contributed by atoms with Crippen LogP contribution in [0, 0.1) is 0 Å². The molecule has 19 heavy (non-hydrogen) atoms. The van der Waals surface area contributed by atoms with Gasteiger partial charge in [0.1, 0.15) is 5.75 Å². The van der Waals surface area contributed by atoms with Crippen LogP contribution in [0.5, 0.6) is 5.75 Å². The maximum Gasteiger partial charge on any atom is 0.317 e. The first-order valence-corrected chi connectivity index (χ1v) is 6.42. The highest BCUT2D eigenvalue weighted by Gasteiger charge is 2.08. The fourth-order valence-corrected chi connectivity index (χ4v) is 1.73. The molecule has 0 aromatic heterocycles. The SMILES string of the molecule is C=CCN(CC(=O)O)Cc1ccc(OCCC)cc1. The van der Waals surface area contributed by atoms with E-state index in [0.29, 0.717) is 19.7 Å². The lowest BCUT2D eigenvalue weighted by Gasteiger charge is -2.18. The zero-order valence-corrected chi connectivity index (χ0v) is 11.3. The second kappa shape index (κ2) is 8.32. The number of nitrogens with zero attached hydrogens (tertiary/aromatic N) is 1. The molecule has 0 unspecified atom stereocenters. The van der Waals surface area contributed by atoms with Crippen LogP contribution in [0.25, 0.3) is 0 Å². The Hall–Kier alpha value is -1.81. The van der Waals surface area contributed by atoms with Gasteiger partial charge in [-0.2, -0.15) is 0 Å². The maximum atomic E-state index is 10.8. The molecule has 0 heterocycles. The number of hydrogen-bond donors (Lipinski definition) is 1. The van der Waals surface area contributed by atoms with Crippen molar-refractivity contribution in [3.8, 4) is 5.75 Å². The zero-order chi connectivity index (χ0) is 14.1. The quantitative estimate of drug-likeness (QED) is 0.696. The van der Waals surface area contributed by atoms with Gasteiger partial charge in [-0.3, -0.25) is 9.69 Å². The molecular weight excluding hydrogens is 242 g/mol. The van der Waals surface area contributed by atoms with Crippen molar-refractivity contribution in [2.75, 3.05) is 19.7 Å². The van der Waals surface area contributed by atoms with E-state index in [1.807, 2.05) is 29.2 Å². The van der Waals surface area contributed by atoms with E-state index in [1.54, 1.807) is 6.08 Å². The van der Waals surface area contributed by atoms with Crippen LogP contribution in [0.3, 0.4) is 0 Å². The molecule has 4 heteroatoms. The molecule has 0 spiro atoms. The van der Waals surface area contributed by atoms with Crippen LogP contribution in [-0.2, 0) is 11.3 Å². The number of hydrogen-bond acceptors (Lipinski definition) is 3. The molecule has 1 rings (SSSR count). The molecule has 0 saturated carbocycles. The summed E-state index contributed by atoms with van der Waals surface area (Å²) in [6.45, 7) is 7.57. The number of carbonyl (C=O) groups is 1. The van der Waals surface area contributed by atoms with E-state index in [1.165, 1.54) is 0 Å². The van der Waals surface area contributed by atoms with Gasteiger partial charge < -0.3 is 9.84 Å². The van der Waals surface area contributed by atoms with Crippen LogP contribution in [0.1, 0.15) is 18.9 Å². The van der Waals surface area contributed by atoms with Crippen molar-refractivity contribution in [3.05, 3.63) is 42.5 Å². The Bertz CT molecular complexity index is 400. The molecule has 1 N–H and O–H groups in total. The Kier molecular flexibility index (Phi) is 6.68. The Morgan fingerprint density at radius 1 is 1.42 bits per heavy atom. The van der Waals surface area contributed by atoms with Gasteiger partial charge in [0, 0.05) is 13.1 Å². The van der Waals surface area contributed by atoms with Gasteiger partial charge in [0.15, 0.2) is 0 Å². The molecule has 4 nitrogen and oxygen atoms in total. The van der Waals surface area contributed by atoms with Crippen LogP contribution in [0.15, 0.2) is 36.9 Å². The second-order valence-electron chi connectivity index (χ2n) is 4.34. The Morgan fingerprint density at radius 2 is 2.11 bits per heavy atom. The van der Waals surface area contributed by atoms with Crippen molar-refractivity contribution in [2.45, 2.75) is 19.9 Å². The largest absolute Gasteiger partial charge is 0.494 e. The fraction of sp³-hybridized carbons (Fsp3) is 0.400. The molecule has 0 fully saturated rings. The van der Waals surface area contributed by atoms with Crippen LogP contribution in [-0.4, -0.2) is 35.7 Å². The predicted octanol–water partition coefficient (Wildman–Crippen LogP) is 2.55. The summed E-state index contributed by atoms with van der Waals surface area (Å²) in [4.78, 5) is 12.6. The molecule has 0 aliphatic heterocycles. The van der Waals surface area contributed by atoms with E-state index >= 15 is 0 Å². The van der Waals surface area contributed by atoms with Crippen LogP contribution >= 0.6 is 0 Å². The average Bonchev–Trinajstić information content (AvgIpc) is 2.37. The highest BCUT2D eigenvalue weighted by molar-refractivity contribution is 5.69. The van der Waals surface area contributed by atoms with Crippen molar-refractivity contribution >= 4 is 5.97 Å². The van der Waals surface area contributed by atoms with Gasteiger partial charge in [0.2, 0.25) is 0 Å². The average molecular weight is 263 g/mol. The third kappa shape index (κ3) is 6.06. The third-order valence-corrected chi connectivity index (χ3v) is 2.55. The lowest BCUT2D eigenvalue weighted by Crippen LogP contribution is -2.29. The Morgan fingerprint density at radius 3 is 2.63 bits per heavy atom. The number of rotatable bonds is 9. The van der Waals surface area contributed by atoms with Crippen LogP contribution < -0.4 is 4.74 Å². The molecule has 1 aromatic carbocycles. The van der Waals surface area contributed by atoms with E-state index in [2.05, 4.69) is 13.5 Å². The summed E-state index contributed by atoms with van der Waals surface area (Å²) in [5, 5.41) is 8.83. The van der Waals surface area contributed by atoms with E-state index in [9.17, 15) is 4.79 Å². The summed E-state index contributed by atoms with van der Waals surface area (Å²) in [6, 6.07) is 7.75. The molecule has 104 valence electrons. The monoisotopic (exact) mass is 263 g/mol. The number of aliphatic carboxylic acids is 1. The van der Waals surface area contributed by atoms with Crippen LogP contribution in [0.2, 0.25) is 0 Å². The van der Waals surface area contributed by atoms with Crippen LogP contribution in [0.4, 0.5) is 0 Å². The van der Waals surface area contributed by atoms with Crippen molar-refractivity contribution in [2.24, 2.45) is 0 Å². The van der Waals surface area contributed by atoms with Gasteiger partial charge in [-0.15, -0.1) is 6.58 Å². The summed E-state index contributed by atoms with van der Waals surface area (Å²) in [5.41, 5.74) is 1.06. The standard InChI is InChI=1S/C15H21NO3/c1-3-9-16(12-15(17)18)11-13-5-7-14(8-6-13)19-10-4-2/h3,5-8H,1,4,9-12H2,2H3,(H,17,18). The fourth-order valence-electron chi connectivity index (χ4n) is 1.73. The van der Waals surface area contributed by atoms with Gasteiger partial charge in [-0.25, -0.2) is 0 Å². The van der Waals surface area contributed by atoms with Gasteiger partial charge in [-0.1, -0.05) is 25.1 Å². The lowest BCUT2D eigenvalue weighted by atomic mass is 10.2. The molecule has 0 aliphatic carbocycles. The minimum atomic E-state index is -0.829. The Balaban J connectivity index is 2.58. The van der Waals surface area contributed by atoms with Gasteiger partial charge in [-0.05, 0) is 24.1 Å². The highest BCUT2D eigenvalue weighted by Crippen LogP contribution is 2.14. The summed E-state index contributed by atoms with van der Waals surface area (Å²) in [7, 11) is 0. The van der Waals surface area contributed by atoms with Crippen molar-refractivity contribution < 1.29 is 14.6 Å². The Labute approximate surface area is 114 Å². The highest BCUT2D eigenvalue weighted by atomic mass is 16.5.